The first-order valence-corrected chi connectivity index (χ1v) is 15.1. The van der Waals surface area contributed by atoms with E-state index in [0.717, 1.165) is 46.7 Å². The maximum absolute atomic E-state index is 5.27. The molecule has 0 saturated carbocycles. The van der Waals surface area contributed by atoms with Crippen LogP contribution in [-0.2, 0) is 6.42 Å². The largest absolute Gasteiger partial charge is 0.317 e. The van der Waals surface area contributed by atoms with E-state index in [-0.39, 0.29) is 12.0 Å². The molecule has 0 spiro atoms. The predicted octanol–water partition coefficient (Wildman–Crippen LogP) is 7.83. The first-order chi connectivity index (χ1) is 21.8. The molecule has 3 aromatic carbocycles. The maximum atomic E-state index is 5.27. The van der Waals surface area contributed by atoms with Gasteiger partial charge < -0.3 is 4.90 Å². The topological polar surface area (TPSA) is 59.7 Å². The summed E-state index contributed by atoms with van der Waals surface area (Å²) < 4.78 is 2.26. The van der Waals surface area contributed by atoms with Gasteiger partial charge in [-0.15, -0.1) is 0 Å². The van der Waals surface area contributed by atoms with Crippen LogP contribution in [-0.4, -0.2) is 30.5 Å². The third-order valence-electron chi connectivity index (χ3n) is 9.04. The third kappa shape index (κ3) is 3.81. The number of rotatable bonds is 4. The highest BCUT2D eigenvalue weighted by Gasteiger charge is 2.44. The van der Waals surface area contributed by atoms with Gasteiger partial charge in [0.2, 0.25) is 5.95 Å². The normalized spacial score (nSPS) is 18.4. The molecule has 0 fully saturated rings. The van der Waals surface area contributed by atoms with Crippen LogP contribution in [0.3, 0.4) is 0 Å². The smallest absolute Gasteiger partial charge is 0.238 e. The summed E-state index contributed by atoms with van der Waals surface area (Å²) in [6.07, 6.45) is 12.6. The van der Waals surface area contributed by atoms with Crippen LogP contribution in [0.15, 0.2) is 139 Å². The van der Waals surface area contributed by atoms with Gasteiger partial charge in [-0.2, -0.15) is 4.98 Å². The van der Waals surface area contributed by atoms with Gasteiger partial charge in [-0.1, -0.05) is 109 Å². The zero-order valence-electron chi connectivity index (χ0n) is 24.0. The summed E-state index contributed by atoms with van der Waals surface area (Å²) in [7, 11) is 0. The number of allylic oxidation sites excluding steroid dienone is 2. The summed E-state index contributed by atoms with van der Waals surface area (Å²) in [5.41, 5.74) is 9.28. The zero-order chi connectivity index (χ0) is 29.0. The average molecular weight is 569 g/mol. The Hall–Kier alpha value is -5.62. The van der Waals surface area contributed by atoms with Crippen LogP contribution in [0.1, 0.15) is 17.7 Å². The number of anilines is 1. The van der Waals surface area contributed by atoms with Crippen molar-refractivity contribution < 1.29 is 0 Å². The second-order valence-electron chi connectivity index (χ2n) is 11.4. The highest BCUT2D eigenvalue weighted by Crippen LogP contribution is 2.51. The number of nitrogens with zero attached hydrogens (tertiary/aromatic N) is 6. The molecule has 44 heavy (non-hydrogen) atoms. The van der Waals surface area contributed by atoms with E-state index in [9.17, 15) is 0 Å². The van der Waals surface area contributed by atoms with Gasteiger partial charge in [0.1, 0.15) is 12.1 Å². The van der Waals surface area contributed by atoms with E-state index in [1.54, 1.807) is 6.33 Å². The molecule has 4 heterocycles. The minimum absolute atomic E-state index is 0.138. The molecule has 0 saturated heterocycles. The van der Waals surface area contributed by atoms with Crippen LogP contribution >= 0.6 is 0 Å². The Labute approximate surface area is 255 Å². The van der Waals surface area contributed by atoms with E-state index in [2.05, 4.69) is 105 Å². The molecule has 6 aromatic rings. The zero-order valence-corrected chi connectivity index (χ0v) is 24.0. The Morgan fingerprint density at radius 3 is 2.30 bits per heavy atom. The number of aryl methyl sites for hydroxylation is 1. The lowest BCUT2D eigenvalue weighted by Crippen LogP contribution is -2.33. The summed E-state index contributed by atoms with van der Waals surface area (Å²) in [5, 5.41) is 1.24. The Morgan fingerprint density at radius 2 is 1.43 bits per heavy atom. The molecule has 9 rings (SSSR count). The molecule has 0 N–H and O–H groups in total. The van der Waals surface area contributed by atoms with Crippen molar-refractivity contribution >= 4 is 22.4 Å². The molecule has 2 unspecified atom stereocenters. The highest BCUT2D eigenvalue weighted by molar-refractivity contribution is 5.97. The van der Waals surface area contributed by atoms with Crippen molar-refractivity contribution in [2.45, 2.75) is 18.9 Å². The Morgan fingerprint density at radius 1 is 0.659 bits per heavy atom. The van der Waals surface area contributed by atoms with Gasteiger partial charge in [-0.3, -0.25) is 4.57 Å². The van der Waals surface area contributed by atoms with Crippen molar-refractivity contribution in [3.63, 3.8) is 0 Å². The van der Waals surface area contributed by atoms with Gasteiger partial charge in [0.25, 0.3) is 0 Å². The Bertz CT molecular complexity index is 2140. The molecule has 0 radical (unpaired) electrons. The number of para-hydroxylation sites is 1. The fourth-order valence-electron chi connectivity index (χ4n) is 7.17. The van der Waals surface area contributed by atoms with E-state index in [4.69, 9.17) is 15.0 Å². The molecule has 0 bridgehead atoms. The van der Waals surface area contributed by atoms with Crippen LogP contribution in [0.2, 0.25) is 0 Å². The molecule has 2 aliphatic carbocycles. The summed E-state index contributed by atoms with van der Waals surface area (Å²) in [6.45, 7) is 0. The third-order valence-corrected chi connectivity index (χ3v) is 9.04. The molecular weight excluding hydrogens is 540 g/mol. The summed E-state index contributed by atoms with van der Waals surface area (Å²) in [6, 6.07) is 35.7. The van der Waals surface area contributed by atoms with E-state index >= 15 is 0 Å². The van der Waals surface area contributed by atoms with E-state index in [1.165, 1.54) is 22.2 Å². The minimum atomic E-state index is 0.138. The molecule has 2 atom stereocenters. The fourth-order valence-corrected chi connectivity index (χ4v) is 7.17. The van der Waals surface area contributed by atoms with E-state index < -0.39 is 0 Å². The number of aromatic nitrogens is 5. The molecule has 3 aliphatic rings. The maximum Gasteiger partial charge on any atom is 0.238 e. The highest BCUT2D eigenvalue weighted by atomic mass is 15.3. The van der Waals surface area contributed by atoms with Gasteiger partial charge in [0.05, 0.1) is 28.6 Å². The SMILES string of the molecule is C1=CC2C3=C(c4c(c5ccccc5n4-c4ncnc(-c5ccccc5)n4)CC3)N(c3cccc(-c4ccccc4)n3)C2C=C1. The van der Waals surface area contributed by atoms with Gasteiger partial charge in [-0.05, 0) is 42.2 Å². The molecule has 0 amide bonds. The van der Waals surface area contributed by atoms with E-state index in [0.29, 0.717) is 11.8 Å². The van der Waals surface area contributed by atoms with Crippen molar-refractivity contribution in [1.29, 1.82) is 0 Å². The monoisotopic (exact) mass is 568 g/mol. The van der Waals surface area contributed by atoms with Crippen molar-refractivity contribution in [3.05, 3.63) is 151 Å². The number of hydrogen-bond donors (Lipinski definition) is 0. The first kappa shape index (κ1) is 24.9. The first-order valence-electron chi connectivity index (χ1n) is 15.1. The predicted molar refractivity (Wildman–Crippen MR) is 175 cm³/mol. The second-order valence-corrected chi connectivity index (χ2v) is 11.4. The number of fused-ring (bicyclic) bond motifs is 6. The lowest BCUT2D eigenvalue weighted by atomic mass is 9.84. The molecular formula is C38H28N6. The molecule has 210 valence electrons. The lowest BCUT2D eigenvalue weighted by Gasteiger charge is -2.31. The van der Waals surface area contributed by atoms with Crippen molar-refractivity contribution in [1.82, 2.24) is 24.5 Å². The molecule has 6 heteroatoms. The summed E-state index contributed by atoms with van der Waals surface area (Å²) in [4.78, 5) is 22.1. The van der Waals surface area contributed by atoms with E-state index in [1.807, 2.05) is 36.4 Å². The summed E-state index contributed by atoms with van der Waals surface area (Å²) >= 11 is 0. The number of pyridine rings is 1. The number of benzene rings is 3. The van der Waals surface area contributed by atoms with Gasteiger partial charge in [0.15, 0.2) is 5.82 Å². The quantitative estimate of drug-likeness (QED) is 0.217. The molecule has 3 aromatic heterocycles. The number of hydrogen-bond acceptors (Lipinski definition) is 5. The Kier molecular flexibility index (Phi) is 5.66. The Balaban J connectivity index is 1.29. The standard InChI is InChI=1S/C38H28N6/c1-3-12-25(13-4-1)31-18-11-21-34(41-31)43-32-19-9-7-16-27(32)29-22-23-30-28-17-8-10-20-33(28)44(36(30)35(29)43)38-40-24-39-37(42-38)26-14-5-2-6-15-26/h1-21,24,27,32H,22-23H2. The van der Waals surface area contributed by atoms with Gasteiger partial charge in [-0.25, -0.2) is 15.0 Å². The van der Waals surface area contributed by atoms with Crippen LogP contribution in [0.5, 0.6) is 0 Å². The van der Waals surface area contributed by atoms with Gasteiger partial charge in [0, 0.05) is 22.4 Å². The van der Waals surface area contributed by atoms with Crippen LogP contribution < -0.4 is 4.90 Å². The van der Waals surface area contributed by atoms with Crippen molar-refractivity contribution in [3.8, 4) is 28.6 Å². The van der Waals surface area contributed by atoms with Crippen LogP contribution in [0.25, 0.3) is 45.2 Å². The second kappa shape index (κ2) is 9.99. The van der Waals surface area contributed by atoms with Crippen LogP contribution in [0.4, 0.5) is 5.82 Å². The van der Waals surface area contributed by atoms with Crippen molar-refractivity contribution in [2.24, 2.45) is 5.92 Å². The van der Waals surface area contributed by atoms with Crippen LogP contribution in [0, 0.1) is 5.92 Å². The fraction of sp³-hybridized carbons (Fsp3) is 0.105. The van der Waals surface area contributed by atoms with Crippen molar-refractivity contribution in [2.75, 3.05) is 4.90 Å². The summed E-state index contributed by atoms with van der Waals surface area (Å²) in [5.74, 6) is 2.50. The lowest BCUT2D eigenvalue weighted by molar-refractivity contribution is 0.655. The molecule has 1 aliphatic heterocycles. The van der Waals surface area contributed by atoms with Gasteiger partial charge >= 0.3 is 0 Å². The molecule has 6 nitrogen and oxygen atoms in total. The minimum Gasteiger partial charge on any atom is -0.317 e. The average Bonchev–Trinajstić information content (AvgIpc) is 3.62.